The summed E-state index contributed by atoms with van der Waals surface area (Å²) >= 11 is 0. The third-order valence-corrected chi connectivity index (χ3v) is 3.68. The van der Waals surface area contributed by atoms with Crippen molar-refractivity contribution in [3.05, 3.63) is 41.3 Å². The van der Waals surface area contributed by atoms with Gasteiger partial charge in [0, 0.05) is 12.6 Å². The predicted octanol–water partition coefficient (Wildman–Crippen LogP) is 3.12. The highest BCUT2D eigenvalue weighted by Crippen LogP contribution is 2.32. The van der Waals surface area contributed by atoms with Crippen molar-refractivity contribution in [3.8, 4) is 11.5 Å². The summed E-state index contributed by atoms with van der Waals surface area (Å²) in [5, 5.41) is 9.12. The number of amides is 1. The van der Waals surface area contributed by atoms with Gasteiger partial charge in [-0.15, -0.1) is 0 Å². The molecule has 1 unspecified atom stereocenters. The average molecular weight is 342 g/mol. The normalized spacial score (nSPS) is 13.0. The molecule has 2 rings (SSSR count). The number of alkyl halides is 3. The molecule has 1 aromatic carbocycles. The van der Waals surface area contributed by atoms with E-state index in [0.717, 1.165) is 12.1 Å². The van der Waals surface area contributed by atoms with Gasteiger partial charge in [-0.3, -0.25) is 4.79 Å². The summed E-state index contributed by atoms with van der Waals surface area (Å²) in [5.41, 5.74) is -0.690. The van der Waals surface area contributed by atoms with Crippen molar-refractivity contribution in [2.24, 2.45) is 0 Å². The molecule has 0 spiro atoms. The summed E-state index contributed by atoms with van der Waals surface area (Å²) in [6.45, 7) is 2.94. The lowest BCUT2D eigenvalue weighted by Crippen LogP contribution is -2.37. The lowest BCUT2D eigenvalue weighted by molar-refractivity contribution is -0.137. The number of benzene rings is 1. The van der Waals surface area contributed by atoms with Gasteiger partial charge in [0.05, 0.1) is 18.2 Å². The van der Waals surface area contributed by atoms with Crippen molar-refractivity contribution in [1.82, 2.24) is 9.88 Å². The van der Waals surface area contributed by atoms with Crippen LogP contribution in [-0.2, 0) is 6.18 Å². The highest BCUT2D eigenvalue weighted by atomic mass is 19.4. The van der Waals surface area contributed by atoms with Gasteiger partial charge in [-0.25, -0.2) is 4.98 Å². The molecule has 0 fully saturated rings. The maximum atomic E-state index is 12.8. The smallest absolute Gasteiger partial charge is 0.416 e. The second-order valence-corrected chi connectivity index (χ2v) is 5.45. The monoisotopic (exact) mass is 342 g/mol. The van der Waals surface area contributed by atoms with Crippen LogP contribution in [0.25, 0.3) is 11.5 Å². The Morgan fingerprint density at radius 3 is 2.67 bits per heavy atom. The number of aliphatic hydroxyl groups excluding tert-OH is 1. The van der Waals surface area contributed by atoms with Crippen LogP contribution in [0.3, 0.4) is 0 Å². The molecule has 1 amide bonds. The van der Waals surface area contributed by atoms with Gasteiger partial charge < -0.3 is 14.4 Å². The van der Waals surface area contributed by atoms with Crippen molar-refractivity contribution < 1.29 is 27.5 Å². The van der Waals surface area contributed by atoms with Crippen LogP contribution in [0, 0.1) is 6.92 Å². The van der Waals surface area contributed by atoms with Gasteiger partial charge in [-0.2, -0.15) is 13.2 Å². The van der Waals surface area contributed by atoms with Crippen molar-refractivity contribution in [1.29, 1.82) is 0 Å². The Labute approximate surface area is 136 Å². The van der Waals surface area contributed by atoms with E-state index in [1.54, 1.807) is 6.92 Å². The number of carbonyl (C=O) groups is 1. The maximum Gasteiger partial charge on any atom is 0.416 e. The van der Waals surface area contributed by atoms with E-state index in [2.05, 4.69) is 4.98 Å². The Morgan fingerprint density at radius 1 is 1.42 bits per heavy atom. The van der Waals surface area contributed by atoms with Crippen LogP contribution in [0.15, 0.2) is 28.7 Å². The van der Waals surface area contributed by atoms with Gasteiger partial charge in [-0.1, -0.05) is 6.07 Å². The van der Waals surface area contributed by atoms with Crippen LogP contribution in [0.4, 0.5) is 13.2 Å². The number of hydrogen-bond acceptors (Lipinski definition) is 4. The number of rotatable bonds is 4. The molecule has 0 saturated carbocycles. The largest absolute Gasteiger partial charge is 0.441 e. The molecular formula is C16H17F3N2O3. The first kappa shape index (κ1) is 18.0. The van der Waals surface area contributed by atoms with Crippen molar-refractivity contribution in [2.75, 3.05) is 13.7 Å². The van der Waals surface area contributed by atoms with Gasteiger partial charge in [-0.05, 0) is 32.0 Å². The van der Waals surface area contributed by atoms with Crippen molar-refractivity contribution in [2.45, 2.75) is 26.1 Å². The summed E-state index contributed by atoms with van der Waals surface area (Å²) in [7, 11) is 1.50. The first-order valence-corrected chi connectivity index (χ1v) is 7.18. The number of carbonyl (C=O) groups excluding carboxylic acids is 1. The van der Waals surface area contributed by atoms with E-state index >= 15 is 0 Å². The van der Waals surface area contributed by atoms with Crippen LogP contribution < -0.4 is 0 Å². The number of likely N-dealkylation sites (N-methyl/N-ethyl adjacent to an activating group) is 1. The number of hydrogen-bond donors (Lipinski definition) is 1. The number of halogens is 3. The molecule has 0 radical (unpaired) electrons. The Balaban J connectivity index is 2.37. The first-order valence-electron chi connectivity index (χ1n) is 7.18. The summed E-state index contributed by atoms with van der Waals surface area (Å²) in [6, 6.07) is 4.11. The SMILES string of the molecule is Cc1oc(-c2cccc(C(F)(F)F)c2)nc1C(=O)N(C)C(C)CO. The van der Waals surface area contributed by atoms with E-state index < -0.39 is 23.7 Å². The standard InChI is InChI=1S/C16H17F3N2O3/c1-9(8-22)21(3)15(23)13-10(2)24-14(20-13)11-5-4-6-12(7-11)16(17,18)19/h4-7,9,22H,8H2,1-3H3. The molecule has 0 aliphatic carbocycles. The van der Waals surface area contributed by atoms with Gasteiger partial charge in [0.25, 0.3) is 5.91 Å². The predicted molar refractivity (Wildman–Crippen MR) is 80.3 cm³/mol. The molecule has 0 aliphatic rings. The number of aromatic nitrogens is 1. The van der Waals surface area contributed by atoms with E-state index in [4.69, 9.17) is 9.52 Å². The molecule has 130 valence electrons. The molecular weight excluding hydrogens is 325 g/mol. The van der Waals surface area contributed by atoms with Crippen LogP contribution in [-0.4, -0.2) is 40.6 Å². The molecule has 1 aromatic heterocycles. The molecule has 1 heterocycles. The molecule has 1 atom stereocenters. The molecule has 2 aromatic rings. The maximum absolute atomic E-state index is 12.8. The Kier molecular flexibility index (Phi) is 4.98. The van der Waals surface area contributed by atoms with Crippen molar-refractivity contribution in [3.63, 3.8) is 0 Å². The molecule has 5 nitrogen and oxygen atoms in total. The van der Waals surface area contributed by atoms with Crippen LogP contribution in [0.2, 0.25) is 0 Å². The summed E-state index contributed by atoms with van der Waals surface area (Å²) < 4.78 is 43.7. The Bertz CT molecular complexity index is 740. The van der Waals surface area contributed by atoms with Crippen molar-refractivity contribution >= 4 is 5.91 Å². The second kappa shape index (κ2) is 6.64. The highest BCUT2D eigenvalue weighted by Gasteiger charge is 2.31. The fourth-order valence-corrected chi connectivity index (χ4v) is 2.04. The molecule has 0 aliphatic heterocycles. The molecule has 0 bridgehead atoms. The van der Waals surface area contributed by atoms with E-state index in [0.29, 0.717) is 0 Å². The molecule has 0 saturated heterocycles. The summed E-state index contributed by atoms with van der Waals surface area (Å²) in [6.07, 6.45) is -4.48. The zero-order chi connectivity index (χ0) is 18.1. The fourth-order valence-electron chi connectivity index (χ4n) is 2.04. The summed E-state index contributed by atoms with van der Waals surface area (Å²) in [4.78, 5) is 17.7. The third kappa shape index (κ3) is 3.59. The number of aliphatic hydroxyl groups is 1. The minimum absolute atomic E-state index is 0.00483. The number of aryl methyl sites for hydroxylation is 1. The van der Waals surface area contributed by atoms with E-state index in [9.17, 15) is 18.0 Å². The zero-order valence-electron chi connectivity index (χ0n) is 13.4. The Morgan fingerprint density at radius 2 is 2.08 bits per heavy atom. The second-order valence-electron chi connectivity index (χ2n) is 5.45. The van der Waals surface area contributed by atoms with Crippen LogP contribution >= 0.6 is 0 Å². The topological polar surface area (TPSA) is 66.6 Å². The van der Waals surface area contributed by atoms with E-state index in [1.165, 1.54) is 31.0 Å². The quantitative estimate of drug-likeness (QED) is 0.927. The van der Waals surface area contributed by atoms with Gasteiger partial charge in [0.1, 0.15) is 5.76 Å². The molecule has 24 heavy (non-hydrogen) atoms. The molecule has 8 heteroatoms. The summed E-state index contributed by atoms with van der Waals surface area (Å²) in [5.74, 6) is -0.340. The van der Waals surface area contributed by atoms with Crippen LogP contribution in [0.1, 0.15) is 28.7 Å². The number of nitrogens with zero attached hydrogens (tertiary/aromatic N) is 2. The average Bonchev–Trinajstić information content (AvgIpc) is 2.94. The van der Waals surface area contributed by atoms with E-state index in [-0.39, 0.29) is 29.5 Å². The minimum Gasteiger partial charge on any atom is -0.441 e. The van der Waals surface area contributed by atoms with E-state index in [1.807, 2.05) is 0 Å². The third-order valence-electron chi connectivity index (χ3n) is 3.68. The number of oxazole rings is 1. The van der Waals surface area contributed by atoms with Crippen LogP contribution in [0.5, 0.6) is 0 Å². The van der Waals surface area contributed by atoms with Gasteiger partial charge in [0.2, 0.25) is 5.89 Å². The molecule has 1 N–H and O–H groups in total. The highest BCUT2D eigenvalue weighted by molar-refractivity contribution is 5.93. The first-order chi connectivity index (χ1) is 11.1. The fraction of sp³-hybridized carbons (Fsp3) is 0.375. The van der Waals surface area contributed by atoms with Gasteiger partial charge >= 0.3 is 6.18 Å². The zero-order valence-corrected chi connectivity index (χ0v) is 13.4. The minimum atomic E-state index is -4.48. The Hall–Kier alpha value is -2.35. The lowest BCUT2D eigenvalue weighted by Gasteiger charge is -2.22. The lowest BCUT2D eigenvalue weighted by atomic mass is 10.1. The van der Waals surface area contributed by atoms with Gasteiger partial charge in [0.15, 0.2) is 5.69 Å².